The zero-order chi connectivity index (χ0) is 23.3. The summed E-state index contributed by atoms with van der Waals surface area (Å²) in [5.74, 6) is 0.812. The van der Waals surface area contributed by atoms with E-state index in [-0.39, 0.29) is 11.5 Å². The molecule has 0 atom stereocenters. The fourth-order valence-corrected chi connectivity index (χ4v) is 4.16. The van der Waals surface area contributed by atoms with Crippen LogP contribution in [-0.4, -0.2) is 48.9 Å². The van der Waals surface area contributed by atoms with Gasteiger partial charge in [0.15, 0.2) is 0 Å². The zero-order valence-electron chi connectivity index (χ0n) is 18.9. The molecule has 0 spiro atoms. The van der Waals surface area contributed by atoms with Gasteiger partial charge in [-0.15, -0.1) is 0 Å². The molecule has 0 radical (unpaired) electrons. The number of ether oxygens (including phenoxy) is 2. The van der Waals surface area contributed by atoms with E-state index in [9.17, 15) is 13.2 Å². The van der Waals surface area contributed by atoms with Crippen molar-refractivity contribution in [3.8, 4) is 5.75 Å². The van der Waals surface area contributed by atoms with Crippen molar-refractivity contribution in [1.82, 2.24) is 13.9 Å². The van der Waals surface area contributed by atoms with Crippen LogP contribution in [0.25, 0.3) is 11.0 Å². The number of carbonyl (C=O) groups excluding carboxylic acids is 1. The van der Waals surface area contributed by atoms with Gasteiger partial charge in [-0.25, -0.2) is 22.5 Å². The number of fused-ring (bicyclic) bond motifs is 1. The van der Waals surface area contributed by atoms with Gasteiger partial charge in [-0.1, -0.05) is 13.8 Å². The third-order valence-corrected chi connectivity index (χ3v) is 6.73. The summed E-state index contributed by atoms with van der Waals surface area (Å²) in [5.41, 5.74) is 1.77. The molecular weight excluding hydrogens is 430 g/mol. The van der Waals surface area contributed by atoms with Crippen LogP contribution in [0, 0.1) is 0 Å². The Labute approximate surface area is 188 Å². The first-order chi connectivity index (χ1) is 15.3. The van der Waals surface area contributed by atoms with Crippen LogP contribution < -0.4 is 4.74 Å². The van der Waals surface area contributed by atoms with Gasteiger partial charge in [-0.05, 0) is 55.3 Å². The number of rotatable bonds is 10. The van der Waals surface area contributed by atoms with Crippen molar-refractivity contribution in [3.05, 3.63) is 53.9 Å². The summed E-state index contributed by atoms with van der Waals surface area (Å²) in [7, 11) is -0.590. The monoisotopic (exact) mass is 459 g/mol. The first-order valence-electron chi connectivity index (χ1n) is 10.6. The van der Waals surface area contributed by atoms with Crippen LogP contribution in [-0.2, 0) is 27.9 Å². The molecule has 172 valence electrons. The van der Waals surface area contributed by atoms with Crippen LogP contribution in [0.4, 0.5) is 0 Å². The summed E-state index contributed by atoms with van der Waals surface area (Å²) < 4.78 is 39.1. The lowest BCUT2D eigenvalue weighted by atomic mass is 10.2. The molecule has 0 saturated carbocycles. The normalized spacial score (nSPS) is 11.8. The van der Waals surface area contributed by atoms with E-state index in [4.69, 9.17) is 9.47 Å². The molecule has 0 unspecified atom stereocenters. The lowest BCUT2D eigenvalue weighted by Crippen LogP contribution is -2.22. The van der Waals surface area contributed by atoms with Crippen molar-refractivity contribution in [3.63, 3.8) is 0 Å². The largest absolute Gasteiger partial charge is 0.494 e. The summed E-state index contributed by atoms with van der Waals surface area (Å²) in [5, 5.41) is 0. The second-order valence-electron chi connectivity index (χ2n) is 7.57. The fourth-order valence-electron chi connectivity index (χ4n) is 3.23. The van der Waals surface area contributed by atoms with E-state index in [0.29, 0.717) is 35.8 Å². The summed E-state index contributed by atoms with van der Waals surface area (Å²) in [6, 6.07) is 11.7. The first kappa shape index (κ1) is 23.7. The average Bonchev–Trinajstić information content (AvgIpc) is 3.13. The van der Waals surface area contributed by atoms with Crippen molar-refractivity contribution in [2.75, 3.05) is 20.7 Å². The SMILES string of the molecule is CCCOc1ccc(C(=O)OCc2nc3cc(S(=O)(=O)N(C)C)ccc3n2CCC)cc1. The van der Waals surface area contributed by atoms with Crippen LogP contribution in [0.3, 0.4) is 0 Å². The van der Waals surface area contributed by atoms with E-state index in [1.54, 1.807) is 42.5 Å². The third-order valence-electron chi connectivity index (χ3n) is 4.92. The van der Waals surface area contributed by atoms with Gasteiger partial charge in [0.2, 0.25) is 10.0 Å². The Morgan fingerprint density at radius 3 is 2.41 bits per heavy atom. The molecule has 0 aliphatic carbocycles. The number of carbonyl (C=O) groups is 1. The van der Waals surface area contributed by atoms with Crippen molar-refractivity contribution < 1.29 is 22.7 Å². The van der Waals surface area contributed by atoms with Crippen molar-refractivity contribution in [1.29, 1.82) is 0 Å². The number of hydrogen-bond acceptors (Lipinski definition) is 6. The summed E-state index contributed by atoms with van der Waals surface area (Å²) in [4.78, 5) is 17.2. The van der Waals surface area contributed by atoms with Crippen LogP contribution in [0.5, 0.6) is 5.75 Å². The highest BCUT2D eigenvalue weighted by atomic mass is 32.2. The molecule has 2 aromatic carbocycles. The Bertz CT molecular complexity index is 1180. The molecule has 32 heavy (non-hydrogen) atoms. The lowest BCUT2D eigenvalue weighted by molar-refractivity contribution is 0.0458. The highest BCUT2D eigenvalue weighted by Crippen LogP contribution is 2.23. The van der Waals surface area contributed by atoms with Gasteiger partial charge in [0.05, 0.1) is 28.1 Å². The molecule has 1 aromatic heterocycles. The third kappa shape index (κ3) is 5.11. The number of aromatic nitrogens is 2. The maximum Gasteiger partial charge on any atom is 0.338 e. The van der Waals surface area contributed by atoms with E-state index in [1.807, 2.05) is 18.4 Å². The Morgan fingerprint density at radius 2 is 1.78 bits per heavy atom. The van der Waals surface area contributed by atoms with Gasteiger partial charge >= 0.3 is 5.97 Å². The second-order valence-corrected chi connectivity index (χ2v) is 9.72. The number of aryl methyl sites for hydroxylation is 1. The molecular formula is C23H29N3O5S. The maximum atomic E-state index is 12.5. The topological polar surface area (TPSA) is 90.7 Å². The van der Waals surface area contributed by atoms with Gasteiger partial charge in [0.1, 0.15) is 18.2 Å². The molecule has 8 nitrogen and oxygen atoms in total. The Hall–Kier alpha value is -2.91. The first-order valence-corrected chi connectivity index (χ1v) is 12.0. The maximum absolute atomic E-state index is 12.5. The van der Waals surface area contributed by atoms with Gasteiger partial charge in [-0.3, -0.25) is 0 Å². The van der Waals surface area contributed by atoms with E-state index < -0.39 is 16.0 Å². The average molecular weight is 460 g/mol. The minimum absolute atomic E-state index is 0.0165. The summed E-state index contributed by atoms with van der Waals surface area (Å²) in [6.45, 7) is 5.34. The Kier molecular flexibility index (Phi) is 7.52. The molecule has 0 fully saturated rings. The molecule has 1 heterocycles. The van der Waals surface area contributed by atoms with Crippen molar-refractivity contribution in [2.45, 2.75) is 44.7 Å². The zero-order valence-corrected chi connectivity index (χ0v) is 19.7. The van der Waals surface area contributed by atoms with Crippen molar-refractivity contribution >= 4 is 27.0 Å². The minimum atomic E-state index is -3.57. The number of esters is 1. The molecule has 3 rings (SSSR count). The second kappa shape index (κ2) is 10.1. The highest BCUT2D eigenvalue weighted by Gasteiger charge is 2.20. The molecule has 3 aromatic rings. The molecule has 0 bridgehead atoms. The highest BCUT2D eigenvalue weighted by molar-refractivity contribution is 7.89. The molecule has 0 saturated heterocycles. The smallest absolute Gasteiger partial charge is 0.338 e. The van der Waals surface area contributed by atoms with Crippen LogP contribution >= 0.6 is 0 Å². The van der Waals surface area contributed by atoms with E-state index in [2.05, 4.69) is 4.98 Å². The van der Waals surface area contributed by atoms with E-state index >= 15 is 0 Å². The summed E-state index contributed by atoms with van der Waals surface area (Å²) >= 11 is 0. The number of nitrogens with zero attached hydrogens (tertiary/aromatic N) is 3. The van der Waals surface area contributed by atoms with Gasteiger partial charge in [-0.2, -0.15) is 0 Å². The Morgan fingerprint density at radius 1 is 1.06 bits per heavy atom. The van der Waals surface area contributed by atoms with Gasteiger partial charge in [0.25, 0.3) is 0 Å². The lowest BCUT2D eigenvalue weighted by Gasteiger charge is -2.11. The fraction of sp³-hybridized carbons (Fsp3) is 0.391. The Balaban J connectivity index is 1.81. The standard InChI is InChI=1S/C23H29N3O5S/c1-5-13-26-21-12-11-19(32(28,29)25(3)4)15-20(21)24-22(26)16-31-23(27)17-7-9-18(10-8-17)30-14-6-2/h7-12,15H,5-6,13-14,16H2,1-4H3. The number of imidazole rings is 1. The molecule has 0 N–H and O–H groups in total. The molecule has 0 amide bonds. The predicted molar refractivity (Wildman–Crippen MR) is 122 cm³/mol. The van der Waals surface area contributed by atoms with Crippen LogP contribution in [0.15, 0.2) is 47.4 Å². The van der Waals surface area contributed by atoms with Crippen LogP contribution in [0.1, 0.15) is 42.9 Å². The number of hydrogen-bond donors (Lipinski definition) is 0. The molecule has 0 aliphatic heterocycles. The quantitative estimate of drug-likeness (QED) is 0.428. The van der Waals surface area contributed by atoms with Crippen molar-refractivity contribution in [2.24, 2.45) is 0 Å². The predicted octanol–water partition coefficient (Wildman–Crippen LogP) is 3.84. The van der Waals surface area contributed by atoms with Gasteiger partial charge < -0.3 is 14.0 Å². The summed E-state index contributed by atoms with van der Waals surface area (Å²) in [6.07, 6.45) is 1.76. The number of benzene rings is 2. The van der Waals surface area contributed by atoms with Crippen LogP contribution in [0.2, 0.25) is 0 Å². The van der Waals surface area contributed by atoms with E-state index in [0.717, 1.165) is 18.4 Å². The molecule has 0 aliphatic rings. The minimum Gasteiger partial charge on any atom is -0.494 e. The van der Waals surface area contributed by atoms with E-state index in [1.165, 1.54) is 18.4 Å². The molecule has 9 heteroatoms. The number of sulfonamides is 1. The van der Waals surface area contributed by atoms with Gasteiger partial charge in [0, 0.05) is 20.6 Å².